The van der Waals surface area contributed by atoms with E-state index in [1.165, 1.54) is 0 Å². The summed E-state index contributed by atoms with van der Waals surface area (Å²) >= 11 is 0.646. The van der Waals surface area contributed by atoms with Gasteiger partial charge in [0, 0.05) is 16.8 Å². The standard InChI is InChI=1S/2CN.Co.Cu/c2*1-2;;. The molecule has 0 atom stereocenters. The van der Waals surface area contributed by atoms with Crippen LogP contribution in [-0.4, -0.2) is 0 Å². The Hall–Kier alpha value is 0.00597. The zero-order valence-corrected chi connectivity index (χ0v) is 4.51. The first-order valence-electron chi connectivity index (χ1n) is 0.749. The molecule has 0 saturated carbocycles. The van der Waals surface area contributed by atoms with Crippen molar-refractivity contribution in [2.24, 2.45) is 0 Å². The van der Waals surface area contributed by atoms with Gasteiger partial charge in [-0.25, -0.2) is 0 Å². The molecule has 6 heavy (non-hydrogen) atoms. The molecule has 38 valence electrons. The Labute approximate surface area is 52.5 Å². The Morgan fingerprint density at radius 3 is 1.50 bits per heavy atom. The third-order valence-corrected chi connectivity index (χ3v) is 0.278. The summed E-state index contributed by atoms with van der Waals surface area (Å²) in [5.74, 6) is 0. The quantitative estimate of drug-likeness (QED) is 0.487. The summed E-state index contributed by atoms with van der Waals surface area (Å²) in [4.78, 5) is 3.12. The maximum Gasteiger partial charge on any atom is 0 e. The summed E-state index contributed by atoms with van der Waals surface area (Å²) in [5, 5.41) is 15.1. The van der Waals surface area contributed by atoms with Gasteiger partial charge in [0.2, 0.25) is 0 Å². The van der Waals surface area contributed by atoms with Gasteiger partial charge in [0.25, 0.3) is 0 Å². The van der Waals surface area contributed by atoms with Gasteiger partial charge in [-0.3, -0.25) is 0 Å². The molecule has 0 aromatic heterocycles. The third-order valence-electron chi connectivity index (χ3n) is 0.0674. The molecule has 1 radical (unpaired) electrons. The van der Waals surface area contributed by atoms with Gasteiger partial charge in [-0.1, -0.05) is 0 Å². The van der Waals surface area contributed by atoms with Crippen LogP contribution in [0.15, 0.2) is 0 Å². The zero-order chi connectivity index (χ0) is 4.12. The summed E-state index contributed by atoms with van der Waals surface area (Å²) in [5.41, 5.74) is 0. The molecular weight excluding hydrogens is 175 g/mol. The second-order valence-corrected chi connectivity index (χ2v) is 0.867. The van der Waals surface area contributed by atoms with E-state index >= 15 is 0 Å². The van der Waals surface area contributed by atoms with Crippen LogP contribution in [0.4, 0.5) is 0 Å². The van der Waals surface area contributed by atoms with Crippen molar-refractivity contribution in [1.29, 1.82) is 10.5 Å². The van der Waals surface area contributed by atoms with Crippen LogP contribution in [0.25, 0.3) is 0 Å². The molecule has 0 aliphatic heterocycles. The van der Waals surface area contributed by atoms with Gasteiger partial charge in [-0.2, -0.15) is 0 Å². The summed E-state index contributed by atoms with van der Waals surface area (Å²) in [6.45, 7) is 0. The molecule has 0 amide bonds. The molecule has 0 fully saturated rings. The fourth-order valence-electron chi connectivity index (χ4n) is 0.0151. The van der Waals surface area contributed by atoms with Gasteiger partial charge in [0.1, 0.15) is 0 Å². The third kappa shape index (κ3) is 9.00. The SMILES string of the molecule is N#[C][Cu][C]#N.[Co]. The Kier molecular flexibility index (Phi) is 13.9. The molecule has 0 aromatic carbocycles. The van der Waals surface area contributed by atoms with Gasteiger partial charge in [-0.05, 0) is 0 Å². The molecule has 0 saturated heterocycles. The first kappa shape index (κ1) is 9.38. The van der Waals surface area contributed by atoms with Crippen molar-refractivity contribution in [3.8, 4) is 9.94 Å². The van der Waals surface area contributed by atoms with E-state index in [4.69, 9.17) is 10.5 Å². The van der Waals surface area contributed by atoms with E-state index in [-0.39, 0.29) is 16.8 Å². The minimum atomic E-state index is 0. The van der Waals surface area contributed by atoms with Gasteiger partial charge in [-0.15, -0.1) is 0 Å². The molecule has 0 aliphatic rings. The van der Waals surface area contributed by atoms with Crippen LogP contribution in [0, 0.1) is 20.5 Å². The maximum absolute atomic E-state index is 7.55. The minimum absolute atomic E-state index is 0. The Bertz CT molecular complexity index is 76.7. The van der Waals surface area contributed by atoms with E-state index in [2.05, 4.69) is 0 Å². The second kappa shape index (κ2) is 8.89. The molecule has 4 heteroatoms. The number of hydrogen-bond donors (Lipinski definition) is 0. The minimum Gasteiger partial charge on any atom is 0 e. The van der Waals surface area contributed by atoms with Crippen molar-refractivity contribution in [3.63, 3.8) is 0 Å². The number of hydrogen-bond acceptors (Lipinski definition) is 2. The second-order valence-electron chi connectivity index (χ2n) is 0.210. The van der Waals surface area contributed by atoms with Crippen molar-refractivity contribution < 1.29 is 31.7 Å². The smallest absolute Gasteiger partial charge is 0 e. The van der Waals surface area contributed by atoms with E-state index in [1.54, 1.807) is 9.94 Å². The maximum atomic E-state index is 7.55. The predicted octanol–water partition coefficient (Wildman–Crippen LogP) is 0.0286. The first-order chi connectivity index (χ1) is 2.41. The zero-order valence-electron chi connectivity index (χ0n) is 2.53. The Morgan fingerprint density at radius 2 is 1.50 bits per heavy atom. The van der Waals surface area contributed by atoms with Crippen molar-refractivity contribution in [3.05, 3.63) is 0 Å². The van der Waals surface area contributed by atoms with Crippen LogP contribution in [-0.2, 0) is 31.7 Å². The van der Waals surface area contributed by atoms with E-state index in [0.717, 1.165) is 0 Å². The molecule has 0 bridgehead atoms. The van der Waals surface area contributed by atoms with E-state index < -0.39 is 0 Å². The van der Waals surface area contributed by atoms with Crippen molar-refractivity contribution in [2.75, 3.05) is 0 Å². The molecule has 2 nitrogen and oxygen atoms in total. The summed E-state index contributed by atoms with van der Waals surface area (Å²) < 4.78 is 0. The average Bonchev–Trinajstić information content (AvgIpc) is 1.41. The number of nitriles is 2. The molecular formula is C2CoCuN2. The molecule has 0 spiro atoms. The molecule has 0 aromatic rings. The first-order valence-corrected chi connectivity index (χ1v) is 1.69. The molecule has 0 unspecified atom stereocenters. The van der Waals surface area contributed by atoms with Crippen LogP contribution < -0.4 is 0 Å². The van der Waals surface area contributed by atoms with Gasteiger partial charge in [0.15, 0.2) is 0 Å². The monoisotopic (exact) mass is 174 g/mol. The van der Waals surface area contributed by atoms with Crippen molar-refractivity contribution in [1.82, 2.24) is 0 Å². The van der Waals surface area contributed by atoms with Crippen LogP contribution in [0.2, 0.25) is 0 Å². The van der Waals surface area contributed by atoms with Crippen LogP contribution in [0.1, 0.15) is 0 Å². The number of nitrogens with zero attached hydrogens (tertiary/aromatic N) is 2. The molecule has 0 rings (SSSR count). The van der Waals surface area contributed by atoms with Gasteiger partial charge < -0.3 is 0 Å². The van der Waals surface area contributed by atoms with Crippen LogP contribution in [0.3, 0.4) is 0 Å². The predicted molar refractivity (Wildman–Crippen MR) is 11.2 cm³/mol. The summed E-state index contributed by atoms with van der Waals surface area (Å²) in [7, 11) is 0. The summed E-state index contributed by atoms with van der Waals surface area (Å²) in [6.07, 6.45) is 0. The fraction of sp³-hybridized carbons (Fsp3) is 0. The van der Waals surface area contributed by atoms with E-state index in [0.29, 0.717) is 15.0 Å². The van der Waals surface area contributed by atoms with Crippen LogP contribution in [0.5, 0.6) is 0 Å². The van der Waals surface area contributed by atoms with Gasteiger partial charge in [0.05, 0.1) is 0 Å². The summed E-state index contributed by atoms with van der Waals surface area (Å²) in [6, 6.07) is 0. The van der Waals surface area contributed by atoms with Crippen molar-refractivity contribution >= 4 is 0 Å². The Morgan fingerprint density at radius 1 is 1.17 bits per heavy atom. The van der Waals surface area contributed by atoms with E-state index in [9.17, 15) is 0 Å². The van der Waals surface area contributed by atoms with Crippen molar-refractivity contribution in [2.45, 2.75) is 0 Å². The largest absolute Gasteiger partial charge is 0 e. The molecule has 0 aliphatic carbocycles. The topological polar surface area (TPSA) is 47.6 Å². The Balaban J connectivity index is 0. The van der Waals surface area contributed by atoms with E-state index in [1.807, 2.05) is 0 Å². The molecule has 0 heterocycles. The molecule has 0 N–H and O–H groups in total. The fourth-order valence-corrected chi connectivity index (χ4v) is 0.0622. The normalized spacial score (nSPS) is 4.33. The average molecular weight is 175 g/mol. The van der Waals surface area contributed by atoms with Gasteiger partial charge >= 0.3 is 35.4 Å². The number of rotatable bonds is 0. The van der Waals surface area contributed by atoms with Crippen LogP contribution >= 0.6 is 0 Å².